The summed E-state index contributed by atoms with van der Waals surface area (Å²) in [5.41, 5.74) is 10.6. The third kappa shape index (κ3) is 14.7. The summed E-state index contributed by atoms with van der Waals surface area (Å²) < 4.78 is 45.6. The molecule has 4 N–H and O–H groups in total. The van der Waals surface area contributed by atoms with Gasteiger partial charge < -0.3 is 73.4 Å². The van der Waals surface area contributed by atoms with Crippen LogP contribution < -0.4 is 76.3 Å². The van der Waals surface area contributed by atoms with Crippen molar-refractivity contribution < 1.29 is 105 Å². The van der Waals surface area contributed by atoms with Crippen molar-refractivity contribution in [3.8, 4) is 17.1 Å². The minimum absolute atomic E-state index is 0. The van der Waals surface area contributed by atoms with E-state index in [0.29, 0.717) is 114 Å². The maximum atomic E-state index is 10.9. The van der Waals surface area contributed by atoms with Crippen LogP contribution in [0.4, 0.5) is 17.5 Å². The maximum Gasteiger partial charge on any atom is 1.00 e. The number of aliphatic imine (C=N–C) groups is 1. The van der Waals surface area contributed by atoms with Crippen LogP contribution in [0.25, 0.3) is 77.6 Å². The van der Waals surface area contributed by atoms with Gasteiger partial charge in [0.05, 0.1) is 82.8 Å². The van der Waals surface area contributed by atoms with Crippen LogP contribution in [0.5, 0.6) is 5.75 Å². The van der Waals surface area contributed by atoms with E-state index in [9.17, 15) is 4.79 Å². The average molecular weight is 1380 g/mol. The number of hydrogen-bond donors (Lipinski definition) is 4. The zero-order valence-corrected chi connectivity index (χ0v) is 57.8. The number of halogens is 2. The fourth-order valence-corrected chi connectivity index (χ4v) is 13.2. The number of dihydropyridines is 1. The number of carbonyl (C=O) groups is 1. The SMILES string of the molecule is C1=NC2Oc3c(nc(-c4cccc5[nH]ccc45)nc3N3CCOCC3)C2C=C1CN1CCOCC1.Clc1nc(N2CCOCC2)c2oc3ncc(CN4CCOCC4)cc3c2n1.O=Cc1cnc2oc3c(N4CCOCC4)nc(Cl)nc3c2c1.OB(O)c1cccc2[nH]ccc12.[H-].[K+]. The number of furan rings is 2. The second-order valence-electron chi connectivity index (χ2n) is 23.7. The Labute approximate surface area is 609 Å². The molecule has 0 saturated carbocycles. The number of anilines is 3. The van der Waals surface area contributed by atoms with Gasteiger partial charge in [-0.1, -0.05) is 30.3 Å². The molecule has 5 saturated heterocycles. The zero-order valence-electron chi connectivity index (χ0n) is 54.2. The number of aromatic amines is 2. The second kappa shape index (κ2) is 30.5. The summed E-state index contributed by atoms with van der Waals surface area (Å²) in [6.07, 6.45) is 11.7. The molecule has 9 aromatic heterocycles. The van der Waals surface area contributed by atoms with Gasteiger partial charge in [-0.05, 0) is 81.6 Å². The quantitative estimate of drug-likeness (QED) is 0.0861. The predicted molar refractivity (Wildman–Crippen MR) is 364 cm³/mol. The van der Waals surface area contributed by atoms with Gasteiger partial charge in [0.1, 0.15) is 16.7 Å². The van der Waals surface area contributed by atoms with E-state index in [1.165, 1.54) is 11.8 Å². The smallest absolute Gasteiger partial charge is 1.00 e. The van der Waals surface area contributed by atoms with Gasteiger partial charge in [0, 0.05) is 137 Å². The van der Waals surface area contributed by atoms with Crippen LogP contribution in [0.1, 0.15) is 29.0 Å². The summed E-state index contributed by atoms with van der Waals surface area (Å²) in [5.74, 6) is 3.63. The van der Waals surface area contributed by atoms with Gasteiger partial charge in [0.25, 0.3) is 0 Å². The topological polar surface area (TPSA) is 302 Å². The number of rotatable bonds is 10. The molecule has 2 aromatic carbocycles. The number of nitrogens with zero attached hydrogens (tertiary/aromatic N) is 14. The Morgan fingerprint density at radius 3 is 1.70 bits per heavy atom. The molecule has 0 amide bonds. The van der Waals surface area contributed by atoms with Crippen molar-refractivity contribution in [1.29, 1.82) is 0 Å². The molecule has 0 radical (unpaired) electrons. The summed E-state index contributed by atoms with van der Waals surface area (Å²) in [4.78, 5) is 69.5. The molecule has 7 aliphatic rings. The molecule has 11 aromatic rings. The van der Waals surface area contributed by atoms with E-state index in [0.717, 1.165) is 160 Å². The molecule has 16 heterocycles. The normalized spacial score (nSPS) is 18.9. The van der Waals surface area contributed by atoms with E-state index in [2.05, 4.69) is 89.8 Å². The van der Waals surface area contributed by atoms with Crippen LogP contribution in [0.15, 0.2) is 111 Å². The summed E-state index contributed by atoms with van der Waals surface area (Å²) in [6.45, 7) is 16.9. The molecule has 0 bridgehead atoms. The Balaban J connectivity index is 0.000000123. The Kier molecular flexibility index (Phi) is 21.1. The van der Waals surface area contributed by atoms with Gasteiger partial charge in [-0.3, -0.25) is 14.6 Å². The third-order valence-electron chi connectivity index (χ3n) is 17.7. The van der Waals surface area contributed by atoms with Crippen molar-refractivity contribution in [3.63, 3.8) is 0 Å². The first-order chi connectivity index (χ1) is 47.2. The number of morpholine rings is 5. The monoisotopic (exact) mass is 1380 g/mol. The fourth-order valence-electron chi connectivity index (χ4n) is 12.9. The fraction of sp³-hybridized carbons (Fsp3) is 0.364. The van der Waals surface area contributed by atoms with Crippen LogP contribution in [0.3, 0.4) is 0 Å². The number of carbonyl (C=O) groups excluding carboxylic acids is 1. The van der Waals surface area contributed by atoms with Gasteiger partial charge in [0.2, 0.25) is 28.2 Å². The first kappa shape index (κ1) is 67.1. The van der Waals surface area contributed by atoms with Crippen molar-refractivity contribution in [1.82, 2.24) is 59.6 Å². The van der Waals surface area contributed by atoms with Crippen LogP contribution in [-0.4, -0.2) is 234 Å². The van der Waals surface area contributed by atoms with Crippen LogP contribution in [0, 0.1) is 0 Å². The average Bonchev–Trinajstić information content (AvgIpc) is 1.51. The number of aldehydes is 1. The number of ether oxygens (including phenoxy) is 6. The van der Waals surface area contributed by atoms with E-state index < -0.39 is 7.12 Å². The number of fused-ring (bicyclic) bond motifs is 11. The Hall–Kier alpha value is -7.14. The number of nitrogens with one attached hydrogen (secondary N) is 2. The molecule has 2 unspecified atom stereocenters. The number of pyridine rings is 2. The first-order valence-corrected chi connectivity index (χ1v) is 32.8. The standard InChI is InChI=1S/C26H28N6O3.C18H20ClN5O3.C14H11ClN4O3.C8H8BNO2.K.H/c1-2-19(18-4-5-27-21(18)3-1)24-29-22-20-14-17(16-31-6-10-33-11-7-31)15-28-26(20)35-23(22)25(30-24)32-8-12-34-13-9-32;19-18-21-14-13-9-12(11-23-1-5-25-6-2-23)10-20-17(13)27-15(14)16(22-18)24-3-7-26-8-4-24;15-14-17-10-9-5-8(7-20)6-16-13(9)22-11(10)12(18-14)19-1-3-21-4-2-19;11-9(12)7-2-1-3-8-6(7)4-5-10-8;;/h1-5,14-15,20,26-27H,6-13,16H2;9-10H,1-8,11H2;5-7H,1-4H2;1-5,10-12H;;/q;;;;+1;-1. The molecule has 496 valence electrons. The number of benzene rings is 2. The molecule has 5 fully saturated rings. The Bertz CT molecular complexity index is 4690. The van der Waals surface area contributed by atoms with Gasteiger partial charge in [-0.25, -0.2) is 34.9 Å². The van der Waals surface area contributed by atoms with Gasteiger partial charge in [-0.2, -0.15) is 9.97 Å². The number of aromatic nitrogens is 10. The van der Waals surface area contributed by atoms with Crippen LogP contribution in [0.2, 0.25) is 10.6 Å². The molecule has 18 rings (SSSR count). The Morgan fingerprint density at radius 2 is 1.11 bits per heavy atom. The van der Waals surface area contributed by atoms with Crippen molar-refractivity contribution >= 4 is 132 Å². The van der Waals surface area contributed by atoms with Crippen molar-refractivity contribution in [2.24, 2.45) is 4.99 Å². The molecule has 97 heavy (non-hydrogen) atoms. The van der Waals surface area contributed by atoms with Gasteiger partial charge in [-0.15, -0.1) is 0 Å². The largest absolute Gasteiger partial charge is 1.00 e. The molecule has 0 aliphatic carbocycles. The summed E-state index contributed by atoms with van der Waals surface area (Å²) in [5, 5.41) is 21.8. The molecular formula is C66H68BCl2KN16O11. The number of H-pyrrole nitrogens is 2. The molecule has 27 nitrogen and oxygen atoms in total. The second-order valence-corrected chi connectivity index (χ2v) is 24.4. The number of hydrogen-bond acceptors (Lipinski definition) is 25. The third-order valence-corrected chi connectivity index (χ3v) is 18.0. The van der Waals surface area contributed by atoms with Crippen LogP contribution >= 0.6 is 23.2 Å². The van der Waals surface area contributed by atoms with Crippen molar-refractivity contribution in [2.75, 3.05) is 153 Å². The summed E-state index contributed by atoms with van der Waals surface area (Å²) in [7, 11) is -1.40. The minimum atomic E-state index is -1.40. The van der Waals surface area contributed by atoms with Gasteiger partial charge in [0.15, 0.2) is 46.5 Å². The summed E-state index contributed by atoms with van der Waals surface area (Å²) >= 11 is 12.3. The predicted octanol–water partition coefficient (Wildman–Crippen LogP) is 3.74. The molecule has 2 atom stereocenters. The Morgan fingerprint density at radius 1 is 0.588 bits per heavy atom. The summed E-state index contributed by atoms with van der Waals surface area (Å²) in [6, 6.07) is 19.3. The van der Waals surface area contributed by atoms with E-state index >= 15 is 0 Å². The van der Waals surface area contributed by atoms with E-state index in [-0.39, 0.29) is 75.5 Å². The molecule has 31 heteroatoms. The van der Waals surface area contributed by atoms with E-state index in [4.69, 9.17) is 85.5 Å². The van der Waals surface area contributed by atoms with E-state index in [1.807, 2.05) is 41.7 Å². The zero-order chi connectivity index (χ0) is 65.1. The molecular weight excluding hydrogens is 1310 g/mol. The van der Waals surface area contributed by atoms with Gasteiger partial charge >= 0.3 is 58.5 Å². The minimum Gasteiger partial charge on any atom is -1.00 e. The van der Waals surface area contributed by atoms with Crippen molar-refractivity contribution in [2.45, 2.75) is 18.7 Å². The molecule has 7 aliphatic heterocycles. The maximum absolute atomic E-state index is 10.9. The molecule has 0 spiro atoms. The first-order valence-electron chi connectivity index (χ1n) is 32.0. The van der Waals surface area contributed by atoms with E-state index in [1.54, 1.807) is 24.4 Å². The van der Waals surface area contributed by atoms with Crippen LogP contribution in [-0.2, 0) is 30.2 Å². The van der Waals surface area contributed by atoms with Crippen molar-refractivity contribution in [3.05, 3.63) is 124 Å².